The summed E-state index contributed by atoms with van der Waals surface area (Å²) in [5, 5.41) is 21.5. The number of hydrogen-bond acceptors (Lipinski definition) is 5. The Morgan fingerprint density at radius 1 is 1.42 bits per heavy atom. The molecule has 6 heteroatoms. The Hall–Kier alpha value is -1.53. The molecule has 104 valence electrons. The molecule has 19 heavy (non-hydrogen) atoms. The number of nitrogens with zero attached hydrogens (tertiary/aromatic N) is 2. The van der Waals surface area contributed by atoms with Crippen molar-refractivity contribution >= 4 is 6.21 Å². The zero-order valence-corrected chi connectivity index (χ0v) is 10.5. The van der Waals surface area contributed by atoms with Crippen LogP contribution in [-0.2, 0) is 11.2 Å². The molecule has 1 aromatic rings. The lowest BCUT2D eigenvalue weighted by Crippen LogP contribution is -2.36. The van der Waals surface area contributed by atoms with Gasteiger partial charge in [-0.15, -0.1) is 0 Å². The predicted molar refractivity (Wildman–Crippen MR) is 66.9 cm³/mol. The second-order valence-electron chi connectivity index (χ2n) is 4.75. The Labute approximate surface area is 110 Å². The van der Waals surface area contributed by atoms with Gasteiger partial charge in [0.2, 0.25) is 0 Å². The number of aliphatic hydroxyl groups is 1. The highest BCUT2D eigenvalue weighted by atomic mass is 19.1. The molecule has 0 aromatic carbocycles. The topological polar surface area (TPSA) is 74.9 Å². The van der Waals surface area contributed by atoms with E-state index in [-0.39, 0.29) is 5.69 Å². The van der Waals surface area contributed by atoms with Crippen LogP contribution in [0.25, 0.3) is 0 Å². The molecule has 0 unspecified atom stereocenters. The van der Waals surface area contributed by atoms with Gasteiger partial charge in [-0.3, -0.25) is 0 Å². The molecule has 0 bridgehead atoms. The summed E-state index contributed by atoms with van der Waals surface area (Å²) in [7, 11) is 0. The summed E-state index contributed by atoms with van der Waals surface area (Å²) in [5.74, 6) is -0.536. The Morgan fingerprint density at radius 2 is 2.16 bits per heavy atom. The van der Waals surface area contributed by atoms with Crippen molar-refractivity contribution in [1.82, 2.24) is 4.98 Å². The highest BCUT2D eigenvalue weighted by molar-refractivity contribution is 5.76. The van der Waals surface area contributed by atoms with Gasteiger partial charge in [0, 0.05) is 18.9 Å². The van der Waals surface area contributed by atoms with Crippen molar-refractivity contribution in [2.45, 2.75) is 31.3 Å². The van der Waals surface area contributed by atoms with Crippen LogP contribution in [0.2, 0.25) is 0 Å². The molecule has 1 aliphatic heterocycles. The van der Waals surface area contributed by atoms with Crippen LogP contribution in [-0.4, -0.2) is 40.3 Å². The van der Waals surface area contributed by atoms with Crippen molar-refractivity contribution in [3.8, 4) is 0 Å². The highest BCUT2D eigenvalue weighted by Gasteiger charge is 2.29. The van der Waals surface area contributed by atoms with E-state index in [9.17, 15) is 9.50 Å². The van der Waals surface area contributed by atoms with Gasteiger partial charge in [-0.05, 0) is 37.8 Å². The maximum Gasteiger partial charge on any atom is 0.150 e. The van der Waals surface area contributed by atoms with Crippen molar-refractivity contribution in [1.29, 1.82) is 0 Å². The van der Waals surface area contributed by atoms with E-state index in [1.165, 1.54) is 6.07 Å². The summed E-state index contributed by atoms with van der Waals surface area (Å²) in [6.07, 6.45) is 3.29. The average molecular weight is 268 g/mol. The molecular weight excluding hydrogens is 251 g/mol. The number of aromatic nitrogens is 1. The van der Waals surface area contributed by atoms with Crippen LogP contribution in [0.3, 0.4) is 0 Å². The number of aryl methyl sites for hydroxylation is 1. The molecule has 1 fully saturated rings. The Bertz CT molecular complexity index is 459. The smallest absolute Gasteiger partial charge is 0.150 e. The summed E-state index contributed by atoms with van der Waals surface area (Å²) in [5.41, 5.74) is -0.0605. The van der Waals surface area contributed by atoms with E-state index in [1.807, 2.05) is 0 Å². The van der Waals surface area contributed by atoms with Gasteiger partial charge < -0.3 is 15.1 Å². The van der Waals surface area contributed by atoms with Crippen molar-refractivity contribution in [3.63, 3.8) is 0 Å². The average Bonchev–Trinajstić information content (AvgIpc) is 2.41. The minimum Gasteiger partial charge on any atom is -0.411 e. The first-order chi connectivity index (χ1) is 9.13. The SMILES string of the molecule is O/N=C\c1nc(CCC2(O)CCOCC2)ccc1F. The predicted octanol–water partition coefficient (Wildman–Crippen LogP) is 1.50. The fourth-order valence-corrected chi connectivity index (χ4v) is 2.15. The van der Waals surface area contributed by atoms with E-state index in [0.717, 1.165) is 6.21 Å². The van der Waals surface area contributed by atoms with Gasteiger partial charge in [0.05, 0.1) is 11.8 Å². The van der Waals surface area contributed by atoms with E-state index in [4.69, 9.17) is 9.94 Å². The Balaban J connectivity index is 2.01. The van der Waals surface area contributed by atoms with Gasteiger partial charge in [0.1, 0.15) is 5.69 Å². The Morgan fingerprint density at radius 3 is 2.84 bits per heavy atom. The molecule has 1 saturated heterocycles. The third-order valence-electron chi connectivity index (χ3n) is 3.38. The standard InChI is InChI=1S/C13H17FN2O3/c14-11-2-1-10(16-12(11)9-15-18)3-4-13(17)5-7-19-8-6-13/h1-2,9,17-18H,3-8H2/b15-9-. The van der Waals surface area contributed by atoms with Gasteiger partial charge in [-0.2, -0.15) is 0 Å². The van der Waals surface area contributed by atoms with Gasteiger partial charge in [0.15, 0.2) is 5.82 Å². The Kier molecular flexibility index (Phi) is 4.44. The molecule has 0 radical (unpaired) electrons. The molecule has 1 aliphatic rings. The summed E-state index contributed by atoms with van der Waals surface area (Å²) in [4.78, 5) is 4.05. The van der Waals surface area contributed by atoms with Crippen LogP contribution in [0.4, 0.5) is 4.39 Å². The quantitative estimate of drug-likeness (QED) is 0.493. The van der Waals surface area contributed by atoms with Crippen LogP contribution >= 0.6 is 0 Å². The number of ether oxygens (including phenoxy) is 1. The molecule has 0 aliphatic carbocycles. The molecule has 2 heterocycles. The fourth-order valence-electron chi connectivity index (χ4n) is 2.15. The molecular formula is C13H17FN2O3. The first-order valence-electron chi connectivity index (χ1n) is 6.26. The van der Waals surface area contributed by atoms with E-state index in [2.05, 4.69) is 10.1 Å². The van der Waals surface area contributed by atoms with Gasteiger partial charge in [-0.25, -0.2) is 9.37 Å². The number of halogens is 1. The molecule has 0 atom stereocenters. The second kappa shape index (κ2) is 6.08. The van der Waals surface area contributed by atoms with E-state index < -0.39 is 11.4 Å². The summed E-state index contributed by atoms with van der Waals surface area (Å²) in [6.45, 7) is 1.13. The number of pyridine rings is 1. The monoisotopic (exact) mass is 268 g/mol. The molecule has 0 amide bonds. The minimum absolute atomic E-state index is 0.000956. The first kappa shape index (κ1) is 13.9. The fraction of sp³-hybridized carbons (Fsp3) is 0.538. The molecule has 5 nitrogen and oxygen atoms in total. The van der Waals surface area contributed by atoms with Crippen molar-refractivity contribution in [2.24, 2.45) is 5.16 Å². The van der Waals surface area contributed by atoms with E-state index in [0.29, 0.717) is 44.6 Å². The zero-order chi connectivity index (χ0) is 13.7. The normalized spacial score (nSPS) is 18.8. The highest BCUT2D eigenvalue weighted by Crippen LogP contribution is 2.25. The lowest BCUT2D eigenvalue weighted by molar-refractivity contribution is -0.0677. The minimum atomic E-state index is -0.723. The first-order valence-corrected chi connectivity index (χ1v) is 6.26. The van der Waals surface area contributed by atoms with Crippen LogP contribution in [0.15, 0.2) is 17.3 Å². The van der Waals surface area contributed by atoms with Crippen LogP contribution in [0.5, 0.6) is 0 Å². The zero-order valence-electron chi connectivity index (χ0n) is 10.5. The number of oxime groups is 1. The largest absolute Gasteiger partial charge is 0.411 e. The van der Waals surface area contributed by atoms with Gasteiger partial charge in [-0.1, -0.05) is 5.16 Å². The molecule has 0 spiro atoms. The summed E-state index contributed by atoms with van der Waals surface area (Å²) < 4.78 is 18.5. The van der Waals surface area contributed by atoms with Gasteiger partial charge in [0.25, 0.3) is 0 Å². The number of hydrogen-bond donors (Lipinski definition) is 2. The van der Waals surface area contributed by atoms with Crippen LogP contribution in [0.1, 0.15) is 30.7 Å². The number of rotatable bonds is 4. The maximum atomic E-state index is 13.3. The van der Waals surface area contributed by atoms with Crippen LogP contribution < -0.4 is 0 Å². The summed E-state index contributed by atoms with van der Waals surface area (Å²) >= 11 is 0. The molecule has 2 N–H and O–H groups in total. The second-order valence-corrected chi connectivity index (χ2v) is 4.75. The van der Waals surface area contributed by atoms with Crippen LogP contribution in [0, 0.1) is 5.82 Å². The van der Waals surface area contributed by atoms with Crippen molar-refractivity contribution in [2.75, 3.05) is 13.2 Å². The van der Waals surface area contributed by atoms with Crippen molar-refractivity contribution < 1.29 is 19.4 Å². The lowest BCUT2D eigenvalue weighted by atomic mass is 9.89. The van der Waals surface area contributed by atoms with Gasteiger partial charge >= 0.3 is 0 Å². The van der Waals surface area contributed by atoms with E-state index in [1.54, 1.807) is 6.07 Å². The molecule has 0 saturated carbocycles. The third kappa shape index (κ3) is 3.71. The van der Waals surface area contributed by atoms with Crippen molar-refractivity contribution in [3.05, 3.63) is 29.3 Å². The lowest BCUT2D eigenvalue weighted by Gasteiger charge is -2.31. The third-order valence-corrected chi connectivity index (χ3v) is 3.38. The van der Waals surface area contributed by atoms with E-state index >= 15 is 0 Å². The molecule has 1 aromatic heterocycles. The maximum absolute atomic E-state index is 13.3. The summed E-state index contributed by atoms with van der Waals surface area (Å²) in [6, 6.07) is 2.86. The molecule has 2 rings (SSSR count).